The second kappa shape index (κ2) is 15.9. The number of nitrogens with zero attached hydrogens (tertiary/aromatic N) is 1. The van der Waals surface area contributed by atoms with Gasteiger partial charge in [-0.15, -0.1) is 6.58 Å². The van der Waals surface area contributed by atoms with E-state index in [-0.39, 0.29) is 43.0 Å². The third-order valence-electron chi connectivity index (χ3n) is 9.61. The molecule has 278 valence electrons. The van der Waals surface area contributed by atoms with Crippen molar-refractivity contribution in [2.75, 3.05) is 18.8 Å². The maximum absolute atomic E-state index is 14.5. The lowest BCUT2D eigenvalue weighted by Crippen LogP contribution is -2.60. The van der Waals surface area contributed by atoms with Crippen molar-refractivity contribution >= 4 is 39.4 Å². The molecule has 49 heavy (non-hydrogen) atoms. The van der Waals surface area contributed by atoms with Crippen LogP contribution in [0.4, 0.5) is 4.79 Å². The molecule has 2 heterocycles. The van der Waals surface area contributed by atoms with Crippen molar-refractivity contribution in [1.29, 1.82) is 0 Å². The second-order valence-corrected chi connectivity index (χ2v) is 19.3. The summed E-state index contributed by atoms with van der Waals surface area (Å²) in [4.78, 5) is 69.6. The molecular formula is C35H59N5O8S. The molecule has 0 bridgehead atoms. The fourth-order valence-electron chi connectivity index (χ4n) is 7.04. The second-order valence-electron chi connectivity index (χ2n) is 16.4. The normalized spacial score (nSPS) is 23.9. The number of carbonyl (C=O) groups excluding carboxylic acids is 5. The van der Waals surface area contributed by atoms with E-state index in [0.717, 1.165) is 32.1 Å². The summed E-state index contributed by atoms with van der Waals surface area (Å²) in [5.74, 6) is -3.72. The lowest BCUT2D eigenvalue weighted by atomic mass is 9.83. The van der Waals surface area contributed by atoms with Gasteiger partial charge in [0.1, 0.15) is 12.1 Å². The minimum Gasteiger partial charge on any atom is -0.370 e. The number of likely N-dealkylation sites (tertiary alicyclic amines) is 1. The van der Waals surface area contributed by atoms with Crippen LogP contribution in [0.25, 0.3) is 0 Å². The lowest BCUT2D eigenvalue weighted by molar-refractivity contribution is -0.144. The van der Waals surface area contributed by atoms with Crippen LogP contribution in [-0.4, -0.2) is 102 Å². The number of hydrogen-bond acceptors (Lipinski definition) is 8. The maximum atomic E-state index is 14.5. The van der Waals surface area contributed by atoms with E-state index in [9.17, 15) is 32.4 Å². The molecule has 14 heteroatoms. The van der Waals surface area contributed by atoms with Crippen LogP contribution < -0.4 is 21.3 Å². The van der Waals surface area contributed by atoms with E-state index in [1.165, 1.54) is 4.90 Å². The average molecular weight is 710 g/mol. The predicted molar refractivity (Wildman–Crippen MR) is 187 cm³/mol. The maximum Gasteiger partial charge on any atom is 0.315 e. The number of amides is 5. The van der Waals surface area contributed by atoms with E-state index in [2.05, 4.69) is 27.8 Å². The standard InChI is InChI=1S/C35H59N5O8S/c1-10-11-17-24(28(41)30(43)36-18-19-49(46,47)34(5,6)7)37-29(42)27-23-20-35(8,9)48-25(23)21-40(27)31(44)26(22-15-13-12-14-16-22)38-32(45)39-33(2,3)4/h10,22-27H,1,11-21H2,2-9H3,(H,36,43)(H,37,42)(H2,38,39,45)/t23-,24-,25-,26-,27-/m0/s1. The molecule has 2 aliphatic heterocycles. The first-order valence-corrected chi connectivity index (χ1v) is 19.2. The fourth-order valence-corrected chi connectivity index (χ4v) is 8.02. The third kappa shape index (κ3) is 10.7. The van der Waals surface area contributed by atoms with E-state index >= 15 is 0 Å². The van der Waals surface area contributed by atoms with Gasteiger partial charge in [-0.05, 0) is 93.4 Å². The predicted octanol–water partition coefficient (Wildman–Crippen LogP) is 2.78. The van der Waals surface area contributed by atoms with Crippen molar-refractivity contribution in [3.05, 3.63) is 12.7 Å². The number of fused-ring (bicyclic) bond motifs is 1. The minimum atomic E-state index is -3.54. The molecule has 3 rings (SSSR count). The molecule has 0 unspecified atom stereocenters. The minimum absolute atomic E-state index is 0.0811. The Morgan fingerprint density at radius 1 is 1.00 bits per heavy atom. The molecule has 1 saturated carbocycles. The van der Waals surface area contributed by atoms with E-state index < -0.39 is 73.6 Å². The summed E-state index contributed by atoms with van der Waals surface area (Å²) >= 11 is 0. The SMILES string of the molecule is C=CCC[C@H](NC(=O)[C@@H]1[C@H]2CC(C)(C)O[C@H]2CN1C(=O)[C@@H](NC(=O)NC(C)(C)C)C1CCCCC1)C(=O)C(=O)NCCS(=O)(=O)C(C)(C)C. The van der Waals surface area contributed by atoms with Crippen molar-refractivity contribution in [1.82, 2.24) is 26.2 Å². The Bertz CT molecular complexity index is 1360. The van der Waals surface area contributed by atoms with Gasteiger partial charge in [0.05, 0.1) is 28.2 Å². The summed E-state index contributed by atoms with van der Waals surface area (Å²) in [5.41, 5.74) is -1.07. The zero-order chi connectivity index (χ0) is 36.9. The summed E-state index contributed by atoms with van der Waals surface area (Å²) in [7, 11) is -3.54. The Morgan fingerprint density at radius 2 is 1.63 bits per heavy atom. The summed E-state index contributed by atoms with van der Waals surface area (Å²) < 4.78 is 30.2. The molecule has 5 atom stereocenters. The molecule has 2 saturated heterocycles. The number of ether oxygens (including phenoxy) is 1. The third-order valence-corrected chi connectivity index (χ3v) is 12.2. The number of urea groups is 1. The fraction of sp³-hybridized carbons (Fsp3) is 0.800. The highest BCUT2D eigenvalue weighted by Crippen LogP contribution is 2.43. The number of carbonyl (C=O) groups is 5. The molecule has 3 fully saturated rings. The van der Waals surface area contributed by atoms with E-state index in [4.69, 9.17) is 4.74 Å². The van der Waals surface area contributed by atoms with Crippen LogP contribution in [0, 0.1) is 11.8 Å². The van der Waals surface area contributed by atoms with Crippen LogP contribution in [0.5, 0.6) is 0 Å². The number of Topliss-reactive ketones (excluding diaryl/α,β-unsaturated/α-hetero) is 1. The molecule has 0 radical (unpaired) electrons. The molecule has 3 aliphatic rings. The van der Waals surface area contributed by atoms with Gasteiger partial charge in [0.15, 0.2) is 9.84 Å². The Balaban J connectivity index is 1.86. The topological polar surface area (TPSA) is 180 Å². The van der Waals surface area contributed by atoms with Gasteiger partial charge in [0, 0.05) is 24.5 Å². The van der Waals surface area contributed by atoms with Gasteiger partial charge >= 0.3 is 6.03 Å². The first-order valence-electron chi connectivity index (χ1n) is 17.6. The molecule has 0 aromatic carbocycles. The van der Waals surface area contributed by atoms with Crippen molar-refractivity contribution in [3.8, 4) is 0 Å². The average Bonchev–Trinajstić information content (AvgIpc) is 3.47. The number of nitrogens with one attached hydrogen (secondary N) is 4. The molecule has 0 aromatic rings. The van der Waals surface area contributed by atoms with Crippen LogP contribution >= 0.6 is 0 Å². The molecule has 4 N–H and O–H groups in total. The van der Waals surface area contributed by atoms with E-state index in [1.807, 2.05) is 34.6 Å². The van der Waals surface area contributed by atoms with Crippen LogP contribution in [0.1, 0.15) is 107 Å². The van der Waals surface area contributed by atoms with Gasteiger partial charge in [0.2, 0.25) is 17.6 Å². The highest BCUT2D eigenvalue weighted by atomic mass is 32.2. The summed E-state index contributed by atoms with van der Waals surface area (Å²) in [5, 5.41) is 11.0. The van der Waals surface area contributed by atoms with Crippen molar-refractivity contribution in [2.45, 2.75) is 147 Å². The molecule has 5 amide bonds. The van der Waals surface area contributed by atoms with E-state index in [0.29, 0.717) is 12.8 Å². The van der Waals surface area contributed by atoms with Gasteiger partial charge in [0.25, 0.3) is 5.91 Å². The zero-order valence-electron chi connectivity index (χ0n) is 30.6. The molecule has 0 spiro atoms. The number of sulfone groups is 1. The van der Waals surface area contributed by atoms with Crippen LogP contribution in [0.15, 0.2) is 12.7 Å². The van der Waals surface area contributed by atoms with Crippen molar-refractivity contribution in [2.24, 2.45) is 11.8 Å². The smallest absolute Gasteiger partial charge is 0.315 e. The van der Waals surface area contributed by atoms with Gasteiger partial charge in [-0.1, -0.05) is 25.3 Å². The number of allylic oxidation sites excluding steroid dienone is 1. The highest BCUT2D eigenvalue weighted by molar-refractivity contribution is 7.92. The largest absolute Gasteiger partial charge is 0.370 e. The Labute approximate surface area is 292 Å². The van der Waals surface area contributed by atoms with Crippen LogP contribution in [0.2, 0.25) is 0 Å². The molecule has 1 aliphatic carbocycles. The quantitative estimate of drug-likeness (QED) is 0.167. The molecular weight excluding hydrogens is 650 g/mol. The van der Waals surface area contributed by atoms with Gasteiger partial charge in [-0.2, -0.15) is 0 Å². The number of hydrogen-bond donors (Lipinski definition) is 4. The molecule has 0 aromatic heterocycles. The molecule has 13 nitrogen and oxygen atoms in total. The Morgan fingerprint density at radius 3 is 2.20 bits per heavy atom. The van der Waals surface area contributed by atoms with Crippen molar-refractivity contribution < 1.29 is 37.1 Å². The Hall–Kier alpha value is -3.00. The highest BCUT2D eigenvalue weighted by Gasteiger charge is 2.56. The summed E-state index contributed by atoms with van der Waals surface area (Å²) in [6.07, 6.45) is 6.45. The first kappa shape index (κ1) is 40.4. The van der Waals surface area contributed by atoms with Gasteiger partial charge < -0.3 is 30.9 Å². The number of rotatable bonds is 13. The van der Waals surface area contributed by atoms with Gasteiger partial charge in [-0.3, -0.25) is 19.2 Å². The Kier molecular flexibility index (Phi) is 13.1. The lowest BCUT2D eigenvalue weighted by Gasteiger charge is -2.36. The van der Waals surface area contributed by atoms with Crippen LogP contribution in [-0.2, 0) is 33.8 Å². The van der Waals surface area contributed by atoms with E-state index in [1.54, 1.807) is 26.8 Å². The number of ketones is 1. The van der Waals surface area contributed by atoms with Crippen LogP contribution in [0.3, 0.4) is 0 Å². The monoisotopic (exact) mass is 709 g/mol. The summed E-state index contributed by atoms with van der Waals surface area (Å²) in [6.45, 7) is 17.7. The van der Waals surface area contributed by atoms with Crippen molar-refractivity contribution in [3.63, 3.8) is 0 Å². The summed E-state index contributed by atoms with van der Waals surface area (Å²) in [6, 6.07) is -3.57. The first-order chi connectivity index (χ1) is 22.6. The zero-order valence-corrected chi connectivity index (χ0v) is 31.5. The van der Waals surface area contributed by atoms with Gasteiger partial charge in [-0.25, -0.2) is 13.2 Å².